The van der Waals surface area contributed by atoms with Gasteiger partial charge in [0.25, 0.3) is 5.56 Å². The Morgan fingerprint density at radius 1 is 1.15 bits per heavy atom. The molecule has 6 nitrogen and oxygen atoms in total. The van der Waals surface area contributed by atoms with Crippen LogP contribution in [-0.4, -0.2) is 25.7 Å². The smallest absolute Gasteiger partial charge is 0.296 e. The first kappa shape index (κ1) is 17.1. The van der Waals surface area contributed by atoms with Crippen molar-refractivity contribution in [2.75, 3.05) is 0 Å². The molecule has 2 aromatic carbocycles. The molecule has 4 aromatic rings. The topological polar surface area (TPSA) is 68.0 Å². The summed E-state index contributed by atoms with van der Waals surface area (Å²) in [5, 5.41) is 11.8. The summed E-state index contributed by atoms with van der Waals surface area (Å²) < 4.78 is 3.49. The second-order valence-electron chi connectivity index (χ2n) is 6.19. The van der Waals surface area contributed by atoms with Crippen LogP contribution in [0.2, 0.25) is 0 Å². The molecule has 0 aliphatic carbocycles. The standard InChI is InChI=1S/C20H17N5OS/c1-14-19(26)25(20(27)23-22-14)21-11-16-13-24(12-15-7-3-2-4-8-15)18-10-6-5-9-17(16)18/h2-11,13H,12H2,1H3,(H,23,27)/b21-11-. The van der Waals surface area contributed by atoms with Gasteiger partial charge in [-0.15, -0.1) is 0 Å². The van der Waals surface area contributed by atoms with Gasteiger partial charge in [-0.25, -0.2) is 0 Å². The van der Waals surface area contributed by atoms with Crippen LogP contribution in [0.4, 0.5) is 0 Å². The molecule has 0 spiro atoms. The highest BCUT2D eigenvalue weighted by molar-refractivity contribution is 7.71. The van der Waals surface area contributed by atoms with Gasteiger partial charge in [0.1, 0.15) is 5.69 Å². The number of H-pyrrole nitrogens is 1. The maximum atomic E-state index is 12.2. The normalized spacial score (nSPS) is 11.4. The Balaban J connectivity index is 1.78. The highest BCUT2D eigenvalue weighted by atomic mass is 32.1. The van der Waals surface area contributed by atoms with Crippen LogP contribution in [0.25, 0.3) is 10.9 Å². The lowest BCUT2D eigenvalue weighted by Crippen LogP contribution is -2.22. The summed E-state index contributed by atoms with van der Waals surface area (Å²) in [7, 11) is 0. The van der Waals surface area contributed by atoms with Crippen molar-refractivity contribution in [1.29, 1.82) is 0 Å². The van der Waals surface area contributed by atoms with Crippen LogP contribution in [0, 0.1) is 11.7 Å². The van der Waals surface area contributed by atoms with Crippen molar-refractivity contribution in [3.8, 4) is 0 Å². The number of aromatic amines is 1. The highest BCUT2D eigenvalue weighted by Gasteiger charge is 2.08. The Morgan fingerprint density at radius 3 is 2.70 bits per heavy atom. The van der Waals surface area contributed by atoms with Crippen LogP contribution in [0.15, 0.2) is 70.7 Å². The summed E-state index contributed by atoms with van der Waals surface area (Å²) in [6, 6.07) is 18.4. The molecular weight excluding hydrogens is 358 g/mol. The van der Waals surface area contributed by atoms with E-state index in [2.05, 4.69) is 38.1 Å². The summed E-state index contributed by atoms with van der Waals surface area (Å²) in [5.41, 5.74) is 3.21. The van der Waals surface area contributed by atoms with E-state index in [-0.39, 0.29) is 10.3 Å². The molecule has 7 heteroatoms. The fourth-order valence-electron chi connectivity index (χ4n) is 2.99. The van der Waals surface area contributed by atoms with Crippen LogP contribution in [0.5, 0.6) is 0 Å². The van der Waals surface area contributed by atoms with Crippen molar-refractivity contribution in [3.63, 3.8) is 0 Å². The number of para-hydroxylation sites is 1. The van der Waals surface area contributed by atoms with Crippen LogP contribution in [-0.2, 0) is 6.54 Å². The predicted molar refractivity (Wildman–Crippen MR) is 109 cm³/mol. The van der Waals surface area contributed by atoms with Crippen LogP contribution >= 0.6 is 12.2 Å². The first-order valence-electron chi connectivity index (χ1n) is 8.48. The van der Waals surface area contributed by atoms with Gasteiger partial charge in [-0.05, 0) is 30.8 Å². The van der Waals surface area contributed by atoms with E-state index >= 15 is 0 Å². The Morgan fingerprint density at radius 2 is 1.89 bits per heavy atom. The van der Waals surface area contributed by atoms with Gasteiger partial charge in [0.15, 0.2) is 0 Å². The molecule has 0 unspecified atom stereocenters. The van der Waals surface area contributed by atoms with E-state index in [1.54, 1.807) is 13.1 Å². The van der Waals surface area contributed by atoms with Crippen molar-refractivity contribution in [2.24, 2.45) is 5.10 Å². The van der Waals surface area contributed by atoms with Gasteiger partial charge >= 0.3 is 0 Å². The van der Waals surface area contributed by atoms with E-state index in [9.17, 15) is 4.79 Å². The van der Waals surface area contributed by atoms with Gasteiger partial charge < -0.3 is 4.57 Å². The predicted octanol–water partition coefficient (Wildman–Crippen LogP) is 3.49. The van der Waals surface area contributed by atoms with E-state index in [4.69, 9.17) is 12.2 Å². The molecule has 134 valence electrons. The molecule has 0 atom stereocenters. The van der Waals surface area contributed by atoms with E-state index in [1.807, 2.05) is 42.6 Å². The van der Waals surface area contributed by atoms with Gasteiger partial charge in [-0.2, -0.15) is 14.9 Å². The maximum absolute atomic E-state index is 12.2. The van der Waals surface area contributed by atoms with Crippen molar-refractivity contribution in [2.45, 2.75) is 13.5 Å². The zero-order valence-corrected chi connectivity index (χ0v) is 15.5. The van der Waals surface area contributed by atoms with Crippen molar-refractivity contribution >= 4 is 29.3 Å². The summed E-state index contributed by atoms with van der Waals surface area (Å²) >= 11 is 5.13. The van der Waals surface area contributed by atoms with Crippen LogP contribution in [0.3, 0.4) is 0 Å². The SMILES string of the molecule is Cc1n[nH]c(=S)n(/N=C\c2cn(Cc3ccccc3)c3ccccc23)c1=O. The lowest BCUT2D eigenvalue weighted by molar-refractivity contribution is 0.720. The molecule has 0 saturated heterocycles. The molecule has 2 aromatic heterocycles. The molecule has 0 radical (unpaired) electrons. The number of hydrogen-bond acceptors (Lipinski definition) is 4. The molecule has 4 rings (SSSR count). The number of aryl methyl sites for hydroxylation is 1. The van der Waals surface area contributed by atoms with E-state index < -0.39 is 0 Å². The van der Waals surface area contributed by atoms with Crippen molar-refractivity contribution in [1.82, 2.24) is 19.4 Å². The van der Waals surface area contributed by atoms with Crippen molar-refractivity contribution in [3.05, 3.63) is 92.7 Å². The van der Waals surface area contributed by atoms with E-state index in [0.29, 0.717) is 5.69 Å². The molecule has 27 heavy (non-hydrogen) atoms. The second-order valence-corrected chi connectivity index (χ2v) is 6.58. The third-order valence-corrected chi connectivity index (χ3v) is 4.61. The molecule has 0 aliphatic rings. The lowest BCUT2D eigenvalue weighted by atomic mass is 10.2. The zero-order valence-electron chi connectivity index (χ0n) is 14.7. The fourth-order valence-corrected chi connectivity index (χ4v) is 3.16. The molecular formula is C20H17N5OS. The summed E-state index contributed by atoms with van der Waals surface area (Å²) in [6.07, 6.45) is 3.70. The average Bonchev–Trinajstić information content (AvgIpc) is 3.03. The highest BCUT2D eigenvalue weighted by Crippen LogP contribution is 2.21. The number of hydrogen-bond donors (Lipinski definition) is 1. The largest absolute Gasteiger partial charge is 0.342 e. The van der Waals surface area contributed by atoms with Gasteiger partial charge in [-0.3, -0.25) is 9.89 Å². The number of aromatic nitrogens is 4. The van der Waals surface area contributed by atoms with E-state index in [1.165, 1.54) is 5.56 Å². The number of fused-ring (bicyclic) bond motifs is 1. The molecule has 0 saturated carbocycles. The third kappa shape index (κ3) is 3.37. The summed E-state index contributed by atoms with van der Waals surface area (Å²) in [4.78, 5) is 12.2. The number of nitrogens with one attached hydrogen (secondary N) is 1. The van der Waals surface area contributed by atoms with Gasteiger partial charge in [0.05, 0.1) is 6.21 Å². The minimum Gasteiger partial charge on any atom is -0.342 e. The molecule has 0 fully saturated rings. The first-order chi connectivity index (χ1) is 13.1. The maximum Gasteiger partial charge on any atom is 0.296 e. The number of benzene rings is 2. The molecule has 0 bridgehead atoms. The van der Waals surface area contributed by atoms with Gasteiger partial charge in [-0.1, -0.05) is 48.5 Å². The summed E-state index contributed by atoms with van der Waals surface area (Å²) in [5.74, 6) is 0. The van der Waals surface area contributed by atoms with E-state index in [0.717, 1.165) is 27.7 Å². The molecule has 1 N–H and O–H groups in total. The zero-order chi connectivity index (χ0) is 18.8. The number of rotatable bonds is 4. The minimum absolute atomic E-state index is 0.162. The second kappa shape index (κ2) is 7.13. The van der Waals surface area contributed by atoms with Crippen LogP contribution in [0.1, 0.15) is 16.8 Å². The molecule has 0 amide bonds. The summed E-state index contributed by atoms with van der Waals surface area (Å²) in [6.45, 7) is 2.37. The lowest BCUT2D eigenvalue weighted by Gasteiger charge is -2.05. The average molecular weight is 375 g/mol. The Hall–Kier alpha value is -3.32. The monoisotopic (exact) mass is 375 g/mol. The van der Waals surface area contributed by atoms with Gasteiger partial charge in [0.2, 0.25) is 4.77 Å². The first-order valence-corrected chi connectivity index (χ1v) is 8.89. The number of nitrogens with zero attached hydrogens (tertiary/aromatic N) is 4. The van der Waals surface area contributed by atoms with Crippen LogP contribution < -0.4 is 5.56 Å². The quantitative estimate of drug-likeness (QED) is 0.438. The Kier molecular flexibility index (Phi) is 4.52. The third-order valence-electron chi connectivity index (χ3n) is 4.34. The minimum atomic E-state index is -0.331. The molecule has 2 heterocycles. The Labute approximate surface area is 160 Å². The fraction of sp³-hybridized carbons (Fsp3) is 0.100. The Bertz CT molecular complexity index is 1250. The van der Waals surface area contributed by atoms with Gasteiger partial charge in [0, 0.05) is 29.2 Å². The molecule has 0 aliphatic heterocycles. The van der Waals surface area contributed by atoms with Crippen molar-refractivity contribution < 1.29 is 0 Å².